The molecule has 0 aromatic heterocycles. The second-order valence-corrected chi connectivity index (χ2v) is 8.43. The van der Waals surface area contributed by atoms with Gasteiger partial charge in [-0.2, -0.15) is 4.51 Å². The molecule has 6 heteroatoms. The average molecular weight is 442 g/mol. The largest absolute Gasteiger partial charge is 0.384 e. The van der Waals surface area contributed by atoms with Crippen molar-refractivity contribution in [2.45, 2.75) is 63.5 Å². The van der Waals surface area contributed by atoms with E-state index in [1.807, 2.05) is 42.5 Å². The summed E-state index contributed by atoms with van der Waals surface area (Å²) in [4.78, 5) is 12.4. The minimum atomic E-state index is -0.551. The van der Waals surface area contributed by atoms with Crippen molar-refractivity contribution in [2.75, 3.05) is 6.61 Å². The molecule has 31 heavy (non-hydrogen) atoms. The fourth-order valence-electron chi connectivity index (χ4n) is 3.59. The Morgan fingerprint density at radius 3 is 2.32 bits per heavy atom. The van der Waals surface area contributed by atoms with E-state index in [2.05, 4.69) is 22.0 Å². The maximum absolute atomic E-state index is 12.4. The number of hydrogen-bond acceptors (Lipinski definition) is 3. The molecule has 3 N–H and O–H groups in total. The summed E-state index contributed by atoms with van der Waals surface area (Å²) >= 11 is 5.46. The number of amidine groups is 1. The van der Waals surface area contributed by atoms with Gasteiger partial charge in [0.05, 0.1) is 12.1 Å². The Hall–Kier alpha value is -2.37. The molecule has 0 heterocycles. The Labute approximate surface area is 190 Å². The van der Waals surface area contributed by atoms with Gasteiger partial charge in [-0.15, -0.1) is 0 Å². The number of nitrogens with two attached hydrogens (primary N) is 1. The van der Waals surface area contributed by atoms with Crippen LogP contribution >= 0.6 is 11.8 Å². The van der Waals surface area contributed by atoms with Gasteiger partial charge in [-0.25, -0.2) is 0 Å². The Morgan fingerprint density at radius 1 is 0.968 bits per heavy atom. The van der Waals surface area contributed by atoms with E-state index in [9.17, 15) is 4.79 Å². The van der Waals surface area contributed by atoms with Crippen LogP contribution in [0.25, 0.3) is 0 Å². The Morgan fingerprint density at radius 2 is 1.65 bits per heavy atom. The third-order valence-corrected chi connectivity index (χ3v) is 5.95. The smallest absolute Gasteiger partial charge is 0.252 e. The van der Waals surface area contributed by atoms with Crippen LogP contribution in [0.1, 0.15) is 66.4 Å². The molecule has 2 aromatic carbocycles. The average Bonchev–Trinajstić information content (AvgIpc) is 3.59. The summed E-state index contributed by atoms with van der Waals surface area (Å²) in [6.45, 7) is 1.52. The number of rotatable bonds is 13. The molecule has 1 aliphatic carbocycles. The van der Waals surface area contributed by atoms with Gasteiger partial charge in [-0.05, 0) is 55.4 Å². The minimum Gasteiger partial charge on any atom is -0.384 e. The number of aryl methyl sites for hydroxylation is 1. The van der Waals surface area contributed by atoms with Gasteiger partial charge in [0.1, 0.15) is 5.84 Å². The molecule has 0 bridgehead atoms. The van der Waals surface area contributed by atoms with E-state index in [1.165, 1.54) is 30.4 Å². The lowest BCUT2D eigenvalue weighted by molar-refractivity contribution is 0.0943. The maximum Gasteiger partial charge on any atom is 0.252 e. The Bertz CT molecular complexity index is 849. The molecule has 1 saturated carbocycles. The third-order valence-electron chi connectivity index (χ3n) is 5.77. The topological polar surface area (TPSA) is 76.7 Å². The molecule has 3 rings (SSSR count). The van der Waals surface area contributed by atoms with Gasteiger partial charge in [0, 0.05) is 23.9 Å². The van der Waals surface area contributed by atoms with E-state index < -0.39 is 5.54 Å². The van der Waals surface area contributed by atoms with Crippen LogP contribution in [0.15, 0.2) is 59.1 Å². The number of unbranched alkanes of at least 4 members (excludes halogenated alkanes) is 4. The Balaban J connectivity index is 1.25. The summed E-state index contributed by atoms with van der Waals surface area (Å²) in [6.07, 6.45) is 8.48. The lowest BCUT2D eigenvalue weighted by Gasteiger charge is -2.16. The highest BCUT2D eigenvalue weighted by molar-refractivity contribution is 6.21. The molecule has 5 nitrogen and oxygen atoms in total. The van der Waals surface area contributed by atoms with Crippen LogP contribution in [-0.2, 0) is 17.8 Å². The lowest BCUT2D eigenvalue weighted by atomic mass is 10.0. The highest BCUT2D eigenvalue weighted by atomic mass is 35.5. The molecule has 1 amide bonds. The predicted octanol–water partition coefficient (Wildman–Crippen LogP) is 5.17. The normalized spacial score (nSPS) is 14.9. The lowest BCUT2D eigenvalue weighted by Crippen LogP contribution is -2.46. The molecule has 0 spiro atoms. The summed E-state index contributed by atoms with van der Waals surface area (Å²) in [5.74, 6) is 0.142. The van der Waals surface area contributed by atoms with Gasteiger partial charge in [-0.3, -0.25) is 4.79 Å². The molecule has 2 aromatic rings. The van der Waals surface area contributed by atoms with E-state index in [0.717, 1.165) is 38.7 Å². The molecule has 0 unspecified atom stereocenters. The van der Waals surface area contributed by atoms with Crippen molar-refractivity contribution >= 4 is 23.5 Å². The van der Waals surface area contributed by atoms with Gasteiger partial charge in [-0.1, -0.05) is 61.7 Å². The van der Waals surface area contributed by atoms with Gasteiger partial charge in [0.2, 0.25) is 0 Å². The van der Waals surface area contributed by atoms with Gasteiger partial charge < -0.3 is 15.8 Å². The summed E-state index contributed by atoms with van der Waals surface area (Å²) in [5, 5.41) is 2.95. The zero-order valence-corrected chi connectivity index (χ0v) is 18.7. The number of nitrogens with one attached hydrogen (secondary N) is 1. The van der Waals surface area contributed by atoms with Crippen LogP contribution in [0, 0.1) is 0 Å². The first-order valence-electron chi connectivity index (χ1n) is 11.1. The molecule has 166 valence electrons. The quantitative estimate of drug-likeness (QED) is 0.256. The van der Waals surface area contributed by atoms with Crippen molar-refractivity contribution in [3.05, 3.63) is 71.3 Å². The third kappa shape index (κ3) is 7.37. The molecule has 1 fully saturated rings. The van der Waals surface area contributed by atoms with Crippen molar-refractivity contribution in [1.29, 1.82) is 0 Å². The fourth-order valence-corrected chi connectivity index (χ4v) is 3.75. The van der Waals surface area contributed by atoms with E-state index in [1.54, 1.807) is 0 Å². The summed E-state index contributed by atoms with van der Waals surface area (Å²) in [7, 11) is 0. The van der Waals surface area contributed by atoms with Gasteiger partial charge >= 0.3 is 0 Å². The molecule has 0 saturated heterocycles. The van der Waals surface area contributed by atoms with Gasteiger partial charge in [0.25, 0.3) is 5.91 Å². The van der Waals surface area contributed by atoms with Crippen LogP contribution in [0.3, 0.4) is 0 Å². The summed E-state index contributed by atoms with van der Waals surface area (Å²) < 4.78 is 9.24. The number of benzene rings is 2. The maximum atomic E-state index is 12.4. The number of hydrogen-bond donors (Lipinski definition) is 2. The van der Waals surface area contributed by atoms with E-state index in [0.29, 0.717) is 12.2 Å². The minimum absolute atomic E-state index is 0.137. The van der Waals surface area contributed by atoms with E-state index in [-0.39, 0.29) is 11.7 Å². The number of halogens is 1. The van der Waals surface area contributed by atoms with E-state index >= 15 is 0 Å². The van der Waals surface area contributed by atoms with Gasteiger partial charge in [0.15, 0.2) is 0 Å². The second-order valence-electron chi connectivity index (χ2n) is 8.26. The highest BCUT2D eigenvalue weighted by Gasteiger charge is 2.48. The van der Waals surface area contributed by atoms with Crippen LogP contribution in [0.5, 0.6) is 0 Å². The SMILES string of the molecule is N/C(=N\Cl)C1(NC(=O)c2ccc(CCCCCCCOCc3ccccc3)cc2)CC1. The molecule has 1 aliphatic rings. The van der Waals surface area contributed by atoms with E-state index in [4.69, 9.17) is 22.2 Å². The summed E-state index contributed by atoms with van der Waals surface area (Å²) in [5.41, 5.74) is 8.36. The summed E-state index contributed by atoms with van der Waals surface area (Å²) in [6, 6.07) is 18.1. The highest BCUT2D eigenvalue weighted by Crippen LogP contribution is 2.36. The van der Waals surface area contributed by atoms with Crippen molar-refractivity contribution in [3.8, 4) is 0 Å². The molecule has 0 atom stereocenters. The van der Waals surface area contributed by atoms with Crippen molar-refractivity contribution < 1.29 is 9.53 Å². The van der Waals surface area contributed by atoms with Crippen LogP contribution < -0.4 is 11.1 Å². The fraction of sp³-hybridized carbons (Fsp3) is 0.440. The number of carbonyl (C=O) groups excluding carboxylic acids is 1. The van der Waals surface area contributed by atoms with Crippen LogP contribution in [0.4, 0.5) is 0 Å². The van der Waals surface area contributed by atoms with Crippen LogP contribution in [0.2, 0.25) is 0 Å². The monoisotopic (exact) mass is 441 g/mol. The molecule has 0 radical (unpaired) electrons. The first-order valence-corrected chi connectivity index (χ1v) is 11.4. The zero-order chi connectivity index (χ0) is 21.9. The zero-order valence-electron chi connectivity index (χ0n) is 18.0. The molecular weight excluding hydrogens is 410 g/mol. The number of carbonyl (C=O) groups is 1. The second kappa shape index (κ2) is 11.9. The van der Waals surface area contributed by atoms with Crippen molar-refractivity contribution in [1.82, 2.24) is 5.32 Å². The first kappa shape index (κ1) is 23.3. The molecule has 0 aliphatic heterocycles. The molecular formula is C25H32ClN3O2. The van der Waals surface area contributed by atoms with Crippen molar-refractivity contribution in [3.63, 3.8) is 0 Å². The number of amides is 1. The standard InChI is InChI=1S/C25H32ClN3O2/c26-29-24(27)25(16-17-25)28-23(30)22-14-12-20(13-15-22)9-5-2-1-3-8-18-31-19-21-10-6-4-7-11-21/h4,6-7,10-15H,1-3,5,8-9,16-19H2,(H2,27,29)(H,28,30). The van der Waals surface area contributed by atoms with Crippen molar-refractivity contribution in [2.24, 2.45) is 10.2 Å². The number of ether oxygens (including phenoxy) is 1. The first-order chi connectivity index (χ1) is 15.1. The van der Waals surface area contributed by atoms with Crippen LogP contribution in [-0.4, -0.2) is 23.9 Å². The Kier molecular flexibility index (Phi) is 8.92. The number of nitrogens with zero attached hydrogens (tertiary/aromatic N) is 1. The predicted molar refractivity (Wildman–Crippen MR) is 126 cm³/mol.